The van der Waals surface area contributed by atoms with Crippen molar-refractivity contribution in [3.8, 4) is 5.75 Å². The number of nitro groups is 1. The first kappa shape index (κ1) is 14.4. The van der Waals surface area contributed by atoms with Crippen molar-refractivity contribution in [3.05, 3.63) is 69.3 Å². The summed E-state index contributed by atoms with van der Waals surface area (Å²) in [5, 5.41) is 11.1. The first-order valence-electron chi connectivity index (χ1n) is 6.00. The average molecular weight is 285 g/mol. The maximum atomic E-state index is 12.4. The van der Waals surface area contributed by atoms with E-state index in [0.717, 1.165) is 0 Å². The van der Waals surface area contributed by atoms with Crippen LogP contribution in [0.1, 0.15) is 26.3 Å². The molecule has 21 heavy (non-hydrogen) atoms. The lowest BCUT2D eigenvalue weighted by atomic mass is 9.99. The van der Waals surface area contributed by atoms with E-state index < -0.39 is 16.4 Å². The van der Waals surface area contributed by atoms with Crippen molar-refractivity contribution in [2.45, 2.75) is 0 Å². The molecule has 0 aliphatic carbocycles. The van der Waals surface area contributed by atoms with E-state index in [2.05, 4.69) is 0 Å². The Morgan fingerprint density at radius 3 is 2.57 bits per heavy atom. The van der Waals surface area contributed by atoms with Crippen molar-refractivity contribution >= 4 is 17.8 Å². The van der Waals surface area contributed by atoms with Gasteiger partial charge in [0.15, 0.2) is 12.1 Å². The number of hydrogen-bond donors (Lipinski definition) is 0. The summed E-state index contributed by atoms with van der Waals surface area (Å²) in [6.07, 6.45) is 0.362. The number of ketones is 1. The van der Waals surface area contributed by atoms with Gasteiger partial charge < -0.3 is 4.74 Å². The van der Waals surface area contributed by atoms with Crippen LogP contribution in [0.2, 0.25) is 0 Å². The van der Waals surface area contributed by atoms with Gasteiger partial charge >= 0.3 is 0 Å². The molecular formula is C15H11NO5. The molecule has 2 aromatic rings. The molecule has 0 aromatic heterocycles. The van der Waals surface area contributed by atoms with Gasteiger partial charge in [0.25, 0.3) is 5.69 Å². The maximum absolute atomic E-state index is 12.4. The van der Waals surface area contributed by atoms with Crippen LogP contribution < -0.4 is 4.74 Å². The Balaban J connectivity index is 2.57. The average Bonchev–Trinajstić information content (AvgIpc) is 2.53. The van der Waals surface area contributed by atoms with E-state index in [9.17, 15) is 19.7 Å². The molecule has 0 N–H and O–H groups in total. The van der Waals surface area contributed by atoms with Crippen molar-refractivity contribution < 1.29 is 19.2 Å². The Bertz CT molecular complexity index is 724. The molecule has 6 nitrogen and oxygen atoms in total. The van der Waals surface area contributed by atoms with Crippen molar-refractivity contribution in [1.82, 2.24) is 0 Å². The third-order valence-corrected chi connectivity index (χ3v) is 2.95. The van der Waals surface area contributed by atoms with Gasteiger partial charge in [0, 0.05) is 5.56 Å². The number of nitro benzene ring substituents is 1. The highest BCUT2D eigenvalue weighted by Gasteiger charge is 2.25. The van der Waals surface area contributed by atoms with E-state index in [1.165, 1.54) is 37.4 Å². The smallest absolute Gasteiger partial charge is 0.291 e. The number of para-hydroxylation sites is 1. The Labute approximate surface area is 120 Å². The second-order valence-corrected chi connectivity index (χ2v) is 4.18. The number of ether oxygens (including phenoxy) is 1. The highest BCUT2D eigenvalue weighted by atomic mass is 16.6. The van der Waals surface area contributed by atoms with Gasteiger partial charge in [-0.15, -0.1) is 0 Å². The van der Waals surface area contributed by atoms with Gasteiger partial charge in [-0.05, 0) is 24.3 Å². The summed E-state index contributed by atoms with van der Waals surface area (Å²) in [7, 11) is 1.46. The Kier molecular flexibility index (Phi) is 4.08. The molecule has 0 fully saturated rings. The number of nitrogens with zero attached hydrogens (tertiary/aromatic N) is 1. The lowest BCUT2D eigenvalue weighted by Gasteiger charge is -2.06. The lowest BCUT2D eigenvalue weighted by molar-refractivity contribution is -0.385. The molecule has 6 heteroatoms. The third kappa shape index (κ3) is 2.79. The second-order valence-electron chi connectivity index (χ2n) is 4.18. The number of methoxy groups -OCH3 is 1. The van der Waals surface area contributed by atoms with Crippen molar-refractivity contribution in [3.63, 3.8) is 0 Å². The largest absolute Gasteiger partial charge is 0.497 e. The van der Waals surface area contributed by atoms with Crippen LogP contribution >= 0.6 is 0 Å². The summed E-state index contributed by atoms with van der Waals surface area (Å²) in [5.74, 6) is -0.0701. The van der Waals surface area contributed by atoms with Crippen LogP contribution in [0.15, 0.2) is 42.5 Å². The summed E-state index contributed by atoms with van der Waals surface area (Å²) < 4.78 is 5.02. The summed E-state index contributed by atoms with van der Waals surface area (Å²) in [6.45, 7) is 0. The summed E-state index contributed by atoms with van der Waals surface area (Å²) in [6, 6.07) is 10.3. The molecule has 106 valence electrons. The van der Waals surface area contributed by atoms with E-state index in [0.29, 0.717) is 12.0 Å². The fraction of sp³-hybridized carbons (Fsp3) is 0.0667. The molecule has 0 aliphatic heterocycles. The highest BCUT2D eigenvalue weighted by molar-refractivity contribution is 6.13. The zero-order valence-electron chi connectivity index (χ0n) is 11.1. The minimum absolute atomic E-state index is 0.127. The predicted octanol–water partition coefficient (Wildman–Crippen LogP) is 2.65. The Morgan fingerprint density at radius 1 is 1.24 bits per heavy atom. The molecule has 2 rings (SSSR count). The molecule has 0 bridgehead atoms. The first-order valence-corrected chi connectivity index (χ1v) is 6.00. The predicted molar refractivity (Wildman–Crippen MR) is 74.9 cm³/mol. The van der Waals surface area contributed by atoms with E-state index in [1.54, 1.807) is 12.1 Å². The maximum Gasteiger partial charge on any atom is 0.291 e. The first-order chi connectivity index (χ1) is 10.1. The van der Waals surface area contributed by atoms with Crippen molar-refractivity contribution in [2.24, 2.45) is 0 Å². The van der Waals surface area contributed by atoms with Crippen LogP contribution in [-0.2, 0) is 0 Å². The molecule has 0 saturated carbocycles. The molecule has 0 spiro atoms. The SMILES string of the molecule is COc1cccc(C(=O)c2cccc(C=O)c2[N+](=O)[O-])c1. The van der Waals surface area contributed by atoms with Crippen LogP contribution in [0.4, 0.5) is 5.69 Å². The summed E-state index contributed by atoms with van der Waals surface area (Å²) in [5.41, 5.74) is -0.493. The van der Waals surface area contributed by atoms with Crippen LogP contribution in [0.3, 0.4) is 0 Å². The number of hydrogen-bond acceptors (Lipinski definition) is 5. The number of aldehydes is 1. The number of carbonyl (C=O) groups excluding carboxylic acids is 2. The van der Waals surface area contributed by atoms with Gasteiger partial charge in [0.1, 0.15) is 11.3 Å². The highest BCUT2D eigenvalue weighted by Crippen LogP contribution is 2.26. The summed E-state index contributed by atoms with van der Waals surface area (Å²) >= 11 is 0. The monoisotopic (exact) mass is 285 g/mol. The minimum Gasteiger partial charge on any atom is -0.497 e. The third-order valence-electron chi connectivity index (χ3n) is 2.95. The topological polar surface area (TPSA) is 86.5 Å². The van der Waals surface area contributed by atoms with E-state index >= 15 is 0 Å². The fourth-order valence-corrected chi connectivity index (χ4v) is 1.96. The molecular weight excluding hydrogens is 274 g/mol. The van der Waals surface area contributed by atoms with Gasteiger partial charge in [-0.3, -0.25) is 19.7 Å². The number of benzene rings is 2. The van der Waals surface area contributed by atoms with Gasteiger partial charge in [-0.25, -0.2) is 0 Å². The van der Waals surface area contributed by atoms with Gasteiger partial charge in [-0.1, -0.05) is 18.2 Å². The van der Waals surface area contributed by atoms with Gasteiger partial charge in [0.05, 0.1) is 17.6 Å². The Hall–Kier alpha value is -3.02. The zero-order chi connectivity index (χ0) is 15.4. The summed E-state index contributed by atoms with van der Waals surface area (Å²) in [4.78, 5) is 33.7. The van der Waals surface area contributed by atoms with Gasteiger partial charge in [0.2, 0.25) is 0 Å². The normalized spacial score (nSPS) is 9.95. The van der Waals surface area contributed by atoms with Crippen molar-refractivity contribution in [1.29, 1.82) is 0 Å². The zero-order valence-corrected chi connectivity index (χ0v) is 11.1. The molecule has 0 radical (unpaired) electrons. The van der Waals surface area contributed by atoms with E-state index in [-0.39, 0.29) is 16.7 Å². The lowest BCUT2D eigenvalue weighted by Crippen LogP contribution is -2.07. The molecule has 0 heterocycles. The van der Waals surface area contributed by atoms with Gasteiger partial charge in [-0.2, -0.15) is 0 Å². The fourth-order valence-electron chi connectivity index (χ4n) is 1.96. The molecule has 0 amide bonds. The molecule has 0 atom stereocenters. The van der Waals surface area contributed by atoms with Crippen LogP contribution in [0, 0.1) is 10.1 Å². The number of rotatable bonds is 5. The second kappa shape index (κ2) is 5.96. The molecule has 0 aliphatic rings. The standard InChI is InChI=1S/C15H11NO5/c1-21-12-6-2-4-10(8-12)15(18)13-7-3-5-11(9-17)14(13)16(19)20/h2-9H,1H3. The van der Waals surface area contributed by atoms with E-state index in [4.69, 9.17) is 4.74 Å². The van der Waals surface area contributed by atoms with Crippen LogP contribution in [0.25, 0.3) is 0 Å². The quantitative estimate of drug-likeness (QED) is 0.365. The Morgan fingerprint density at radius 2 is 1.95 bits per heavy atom. The molecule has 0 saturated heterocycles. The molecule has 0 unspecified atom stereocenters. The molecule has 2 aromatic carbocycles. The van der Waals surface area contributed by atoms with Crippen molar-refractivity contribution in [2.75, 3.05) is 7.11 Å². The van der Waals surface area contributed by atoms with Crippen LogP contribution in [0.5, 0.6) is 5.75 Å². The number of carbonyl (C=O) groups is 2. The van der Waals surface area contributed by atoms with E-state index in [1.807, 2.05) is 0 Å². The van der Waals surface area contributed by atoms with Crippen LogP contribution in [-0.4, -0.2) is 24.1 Å². The minimum atomic E-state index is -0.725.